The summed E-state index contributed by atoms with van der Waals surface area (Å²) in [6.45, 7) is 9.23. The van der Waals surface area contributed by atoms with Crippen LogP contribution in [0.15, 0.2) is 42.9 Å². The molecule has 1 aliphatic rings. The number of benzene rings is 1. The minimum atomic E-state index is -0.412. The summed E-state index contributed by atoms with van der Waals surface area (Å²) in [6, 6.07) is 10.3. The van der Waals surface area contributed by atoms with Gasteiger partial charge in [-0.15, -0.1) is 0 Å². The van der Waals surface area contributed by atoms with Crippen LogP contribution in [0.25, 0.3) is 11.0 Å². The van der Waals surface area contributed by atoms with E-state index in [0.717, 1.165) is 43.0 Å². The number of aliphatic hydroxyl groups excluding tert-OH is 1. The third kappa shape index (κ3) is 3.96. The average Bonchev–Trinajstić information content (AvgIpc) is 3.05. The fraction of sp³-hybridized carbons (Fsp3) is 0.429. The highest BCUT2D eigenvalue weighted by atomic mass is 16.3. The quantitative estimate of drug-likeness (QED) is 0.751. The molecule has 1 aromatic carbocycles. The minimum Gasteiger partial charge on any atom is -0.390 e. The number of hydrogen-bond donors (Lipinski definition) is 1. The molecule has 3 aromatic rings. The van der Waals surface area contributed by atoms with E-state index in [-0.39, 0.29) is 0 Å². The van der Waals surface area contributed by atoms with Crippen molar-refractivity contribution in [3.05, 3.63) is 54.0 Å². The van der Waals surface area contributed by atoms with Crippen molar-refractivity contribution >= 4 is 16.9 Å². The zero-order valence-corrected chi connectivity index (χ0v) is 16.0. The smallest absolute Gasteiger partial charge is 0.128 e. The number of piperazine rings is 1. The molecule has 1 N–H and O–H groups in total. The first-order valence-electron chi connectivity index (χ1n) is 9.58. The Hall–Kier alpha value is -2.44. The van der Waals surface area contributed by atoms with Crippen molar-refractivity contribution in [1.29, 1.82) is 0 Å². The van der Waals surface area contributed by atoms with Crippen LogP contribution in [-0.2, 0) is 6.54 Å². The molecule has 2 aromatic heterocycles. The number of aryl methyl sites for hydroxylation is 2. The molecule has 1 fully saturated rings. The number of nitrogens with zero attached hydrogens (tertiary/aromatic N) is 5. The van der Waals surface area contributed by atoms with Crippen LogP contribution in [-0.4, -0.2) is 63.4 Å². The van der Waals surface area contributed by atoms with Gasteiger partial charge in [0.2, 0.25) is 0 Å². The van der Waals surface area contributed by atoms with E-state index in [0.29, 0.717) is 13.1 Å². The topological polar surface area (TPSA) is 57.4 Å². The molecule has 3 heterocycles. The van der Waals surface area contributed by atoms with Gasteiger partial charge in [0.15, 0.2) is 0 Å². The summed E-state index contributed by atoms with van der Waals surface area (Å²) in [5.74, 6) is 1.04. The average molecular weight is 365 g/mol. The molecule has 6 nitrogen and oxygen atoms in total. The third-order valence-electron chi connectivity index (χ3n) is 5.46. The second-order valence-electron chi connectivity index (χ2n) is 7.45. The van der Waals surface area contributed by atoms with Crippen molar-refractivity contribution < 1.29 is 5.11 Å². The number of β-amino-alcohol motifs (C(OH)–C–C–N with tert-alkyl or cyclic N) is 1. The van der Waals surface area contributed by atoms with E-state index in [4.69, 9.17) is 0 Å². The van der Waals surface area contributed by atoms with Crippen LogP contribution in [0.1, 0.15) is 11.1 Å². The number of pyridine rings is 1. The van der Waals surface area contributed by atoms with Gasteiger partial charge in [-0.1, -0.05) is 6.07 Å². The molecule has 27 heavy (non-hydrogen) atoms. The van der Waals surface area contributed by atoms with Crippen LogP contribution in [0.2, 0.25) is 0 Å². The molecule has 4 rings (SSSR count). The molecular formula is C21H27N5O. The number of hydrogen-bond acceptors (Lipinski definition) is 5. The van der Waals surface area contributed by atoms with Crippen LogP contribution >= 0.6 is 0 Å². The van der Waals surface area contributed by atoms with Gasteiger partial charge in [0.1, 0.15) is 5.82 Å². The Labute approximate surface area is 160 Å². The summed E-state index contributed by atoms with van der Waals surface area (Å²) >= 11 is 0. The third-order valence-corrected chi connectivity index (χ3v) is 5.46. The van der Waals surface area contributed by atoms with Crippen LogP contribution in [0, 0.1) is 13.8 Å². The minimum absolute atomic E-state index is 0.412. The zero-order valence-electron chi connectivity index (χ0n) is 16.0. The Morgan fingerprint density at radius 1 is 1.00 bits per heavy atom. The lowest BCUT2D eigenvalue weighted by Gasteiger charge is -2.36. The fourth-order valence-corrected chi connectivity index (χ4v) is 3.74. The standard InChI is InChI=1S/C21H27N5O/c1-16-11-19-20(12-17(16)2)26(15-23-19)14-18(27)13-24-7-9-25(10-8-24)21-5-3-4-6-22-21/h3-6,11-12,15,18,27H,7-10,13-14H2,1-2H3. The van der Waals surface area contributed by atoms with Crippen molar-refractivity contribution in [2.75, 3.05) is 37.6 Å². The van der Waals surface area contributed by atoms with Crippen LogP contribution < -0.4 is 4.90 Å². The molecule has 0 amide bonds. The van der Waals surface area contributed by atoms with E-state index < -0.39 is 6.10 Å². The van der Waals surface area contributed by atoms with E-state index in [2.05, 4.69) is 56.4 Å². The second-order valence-corrected chi connectivity index (χ2v) is 7.45. The van der Waals surface area contributed by atoms with Gasteiger partial charge in [0.05, 0.1) is 30.0 Å². The van der Waals surface area contributed by atoms with E-state index in [1.165, 1.54) is 11.1 Å². The summed E-state index contributed by atoms with van der Waals surface area (Å²) in [7, 11) is 0. The zero-order chi connectivity index (χ0) is 18.8. The molecule has 1 atom stereocenters. The molecule has 0 bridgehead atoms. The van der Waals surface area contributed by atoms with E-state index in [1.54, 1.807) is 0 Å². The first kappa shape index (κ1) is 17.9. The number of aromatic nitrogens is 3. The molecule has 0 aliphatic carbocycles. The van der Waals surface area contributed by atoms with Crippen LogP contribution in [0.4, 0.5) is 5.82 Å². The summed E-state index contributed by atoms with van der Waals surface area (Å²) in [5.41, 5.74) is 4.59. The number of rotatable bonds is 5. The molecule has 6 heteroatoms. The van der Waals surface area contributed by atoms with Gasteiger partial charge in [-0.25, -0.2) is 9.97 Å². The Balaban J connectivity index is 1.34. The lowest BCUT2D eigenvalue weighted by Crippen LogP contribution is -2.49. The van der Waals surface area contributed by atoms with E-state index in [9.17, 15) is 5.11 Å². The van der Waals surface area contributed by atoms with Gasteiger partial charge >= 0.3 is 0 Å². The van der Waals surface area contributed by atoms with Gasteiger partial charge in [-0.2, -0.15) is 0 Å². The number of fused-ring (bicyclic) bond motifs is 1. The maximum atomic E-state index is 10.6. The predicted molar refractivity (Wildman–Crippen MR) is 108 cm³/mol. The summed E-state index contributed by atoms with van der Waals surface area (Å²) in [6.07, 6.45) is 3.26. The Bertz CT molecular complexity index is 900. The highest BCUT2D eigenvalue weighted by molar-refractivity contribution is 5.77. The number of imidazole rings is 1. The van der Waals surface area contributed by atoms with E-state index in [1.807, 2.05) is 24.7 Å². The Morgan fingerprint density at radius 3 is 2.52 bits per heavy atom. The van der Waals surface area contributed by atoms with Crippen molar-refractivity contribution in [3.8, 4) is 0 Å². The maximum Gasteiger partial charge on any atom is 0.128 e. The lowest BCUT2D eigenvalue weighted by atomic mass is 10.1. The van der Waals surface area contributed by atoms with Crippen molar-refractivity contribution in [3.63, 3.8) is 0 Å². The van der Waals surface area contributed by atoms with Gasteiger partial charge < -0.3 is 14.6 Å². The van der Waals surface area contributed by atoms with Crippen molar-refractivity contribution in [2.45, 2.75) is 26.5 Å². The monoisotopic (exact) mass is 365 g/mol. The van der Waals surface area contributed by atoms with Gasteiger partial charge in [0.25, 0.3) is 0 Å². The summed E-state index contributed by atoms with van der Waals surface area (Å²) in [4.78, 5) is 13.6. The normalized spacial score (nSPS) is 16.8. The fourth-order valence-electron chi connectivity index (χ4n) is 3.74. The second kappa shape index (κ2) is 7.66. The first-order chi connectivity index (χ1) is 13.1. The van der Waals surface area contributed by atoms with Crippen LogP contribution in [0.3, 0.4) is 0 Å². The van der Waals surface area contributed by atoms with Gasteiger partial charge in [0, 0.05) is 38.9 Å². The molecule has 1 saturated heterocycles. The SMILES string of the molecule is Cc1cc2ncn(CC(O)CN3CCN(c4ccccn4)CC3)c2cc1C. The molecule has 1 aliphatic heterocycles. The first-order valence-corrected chi connectivity index (χ1v) is 9.58. The highest BCUT2D eigenvalue weighted by Crippen LogP contribution is 2.19. The Morgan fingerprint density at radius 2 is 1.78 bits per heavy atom. The molecule has 142 valence electrons. The maximum absolute atomic E-state index is 10.6. The summed E-state index contributed by atoms with van der Waals surface area (Å²) < 4.78 is 2.07. The van der Waals surface area contributed by atoms with Crippen molar-refractivity contribution in [2.24, 2.45) is 0 Å². The number of anilines is 1. The molecule has 1 unspecified atom stereocenters. The highest BCUT2D eigenvalue weighted by Gasteiger charge is 2.20. The van der Waals surface area contributed by atoms with Crippen molar-refractivity contribution in [1.82, 2.24) is 19.4 Å². The molecule has 0 radical (unpaired) electrons. The number of aliphatic hydroxyl groups is 1. The molecule has 0 saturated carbocycles. The largest absolute Gasteiger partial charge is 0.390 e. The lowest BCUT2D eigenvalue weighted by molar-refractivity contribution is 0.0958. The van der Waals surface area contributed by atoms with Gasteiger partial charge in [-0.3, -0.25) is 4.90 Å². The Kier molecular flexibility index (Phi) is 5.09. The van der Waals surface area contributed by atoms with Gasteiger partial charge in [-0.05, 0) is 49.2 Å². The van der Waals surface area contributed by atoms with E-state index >= 15 is 0 Å². The summed E-state index contributed by atoms with van der Waals surface area (Å²) in [5, 5.41) is 10.6. The molecular weight excluding hydrogens is 338 g/mol. The molecule has 0 spiro atoms. The predicted octanol–water partition coefficient (Wildman–Crippen LogP) is 2.23. The van der Waals surface area contributed by atoms with Crippen LogP contribution in [0.5, 0.6) is 0 Å².